The first-order valence-corrected chi connectivity index (χ1v) is 10.7. The zero-order chi connectivity index (χ0) is 19.1. The summed E-state index contributed by atoms with van der Waals surface area (Å²) in [6.07, 6.45) is 5.33. The largest absolute Gasteiger partial charge is 0.372 e. The molecule has 0 aliphatic carbocycles. The van der Waals surface area contributed by atoms with E-state index in [9.17, 15) is 0 Å². The van der Waals surface area contributed by atoms with E-state index in [1.165, 1.54) is 63.1 Å². The predicted molar refractivity (Wildman–Crippen MR) is 116 cm³/mol. The van der Waals surface area contributed by atoms with Crippen molar-refractivity contribution in [3.8, 4) is 0 Å². The van der Waals surface area contributed by atoms with Gasteiger partial charge in [-0.25, -0.2) is 0 Å². The quantitative estimate of drug-likeness (QED) is 0.595. The number of nitrogens with one attached hydrogen (secondary N) is 2. The van der Waals surface area contributed by atoms with Gasteiger partial charge in [0.2, 0.25) is 0 Å². The van der Waals surface area contributed by atoms with E-state index in [0.717, 1.165) is 25.0 Å². The molecule has 5 heteroatoms. The Morgan fingerprint density at radius 3 is 2.78 bits per heavy atom. The molecule has 27 heavy (non-hydrogen) atoms. The lowest BCUT2D eigenvalue weighted by atomic mass is 10.0. The zero-order valence-corrected chi connectivity index (χ0v) is 17.4. The average Bonchev–Trinajstić information content (AvgIpc) is 3.22. The van der Waals surface area contributed by atoms with Gasteiger partial charge in [0.15, 0.2) is 5.96 Å². The molecule has 5 nitrogen and oxygen atoms in total. The standard InChI is InChI=1S/C22H37N5/c1-18-8-7-12-26(17-18)15-11-24-22(23-3)25-19(2)20-9-6-10-21(16-20)27-13-4-5-14-27/h6,9-10,16,18-19H,4-5,7-8,11-15,17H2,1-3H3,(H2,23,24,25). The minimum atomic E-state index is 0.230. The van der Waals surface area contributed by atoms with E-state index in [4.69, 9.17) is 0 Å². The van der Waals surface area contributed by atoms with Crippen molar-refractivity contribution >= 4 is 11.6 Å². The maximum Gasteiger partial charge on any atom is 0.191 e. The number of benzene rings is 1. The molecule has 2 saturated heterocycles. The Morgan fingerprint density at radius 2 is 2.04 bits per heavy atom. The van der Waals surface area contributed by atoms with E-state index in [2.05, 4.69) is 63.5 Å². The van der Waals surface area contributed by atoms with Crippen LogP contribution in [0.5, 0.6) is 0 Å². The molecular weight excluding hydrogens is 334 g/mol. The van der Waals surface area contributed by atoms with Gasteiger partial charge in [-0.2, -0.15) is 0 Å². The number of guanidine groups is 1. The molecule has 3 rings (SSSR count). The van der Waals surface area contributed by atoms with Crippen molar-refractivity contribution in [2.75, 3.05) is 51.2 Å². The van der Waals surface area contributed by atoms with Gasteiger partial charge in [0.25, 0.3) is 0 Å². The van der Waals surface area contributed by atoms with Gasteiger partial charge in [-0.15, -0.1) is 0 Å². The summed E-state index contributed by atoms with van der Waals surface area (Å²) >= 11 is 0. The molecule has 1 aromatic carbocycles. The molecule has 2 heterocycles. The lowest BCUT2D eigenvalue weighted by molar-refractivity contribution is 0.187. The van der Waals surface area contributed by atoms with Gasteiger partial charge in [-0.1, -0.05) is 19.1 Å². The number of anilines is 1. The number of nitrogens with zero attached hydrogens (tertiary/aromatic N) is 3. The van der Waals surface area contributed by atoms with E-state index in [-0.39, 0.29) is 6.04 Å². The van der Waals surface area contributed by atoms with Crippen LogP contribution in [0.25, 0.3) is 0 Å². The van der Waals surface area contributed by atoms with Crippen LogP contribution in [-0.2, 0) is 0 Å². The molecule has 0 spiro atoms. The number of piperidine rings is 1. The molecule has 0 saturated carbocycles. The van der Waals surface area contributed by atoms with Gasteiger partial charge < -0.3 is 20.4 Å². The normalized spacial score (nSPS) is 22.7. The molecule has 2 atom stereocenters. The second-order valence-corrected chi connectivity index (χ2v) is 8.20. The lowest BCUT2D eigenvalue weighted by Crippen LogP contribution is -2.44. The number of aliphatic imine (C=N–C) groups is 1. The van der Waals surface area contributed by atoms with Crippen molar-refractivity contribution in [2.24, 2.45) is 10.9 Å². The van der Waals surface area contributed by atoms with Crippen LogP contribution in [0.3, 0.4) is 0 Å². The van der Waals surface area contributed by atoms with E-state index in [0.29, 0.717) is 0 Å². The van der Waals surface area contributed by atoms with Crippen LogP contribution in [0, 0.1) is 5.92 Å². The van der Waals surface area contributed by atoms with Crippen molar-refractivity contribution in [1.29, 1.82) is 0 Å². The summed E-state index contributed by atoms with van der Waals surface area (Å²) in [5.41, 5.74) is 2.66. The highest BCUT2D eigenvalue weighted by Crippen LogP contribution is 2.24. The Morgan fingerprint density at radius 1 is 1.22 bits per heavy atom. The molecule has 0 aromatic heterocycles. The SMILES string of the molecule is CN=C(NCCN1CCCC(C)C1)NC(C)c1cccc(N2CCCC2)c1. The van der Waals surface area contributed by atoms with Crippen molar-refractivity contribution in [1.82, 2.24) is 15.5 Å². The average molecular weight is 372 g/mol. The Labute approximate surface area is 165 Å². The van der Waals surface area contributed by atoms with Gasteiger partial charge in [0, 0.05) is 45.5 Å². The van der Waals surface area contributed by atoms with Crippen molar-refractivity contribution in [3.05, 3.63) is 29.8 Å². The smallest absolute Gasteiger partial charge is 0.191 e. The van der Waals surface area contributed by atoms with Gasteiger partial charge in [0.05, 0.1) is 6.04 Å². The van der Waals surface area contributed by atoms with E-state index in [1.54, 1.807) is 0 Å². The molecular formula is C22H37N5. The van der Waals surface area contributed by atoms with E-state index in [1.807, 2.05) is 7.05 Å². The summed E-state index contributed by atoms with van der Waals surface area (Å²) < 4.78 is 0. The van der Waals surface area contributed by atoms with Crippen molar-refractivity contribution in [2.45, 2.75) is 45.6 Å². The molecule has 2 N–H and O–H groups in total. The lowest BCUT2D eigenvalue weighted by Gasteiger charge is -2.31. The van der Waals surface area contributed by atoms with Gasteiger partial charge in [0.1, 0.15) is 0 Å². The molecule has 0 amide bonds. The molecule has 2 fully saturated rings. The second-order valence-electron chi connectivity index (χ2n) is 8.20. The Hall–Kier alpha value is -1.75. The number of hydrogen-bond acceptors (Lipinski definition) is 3. The maximum atomic E-state index is 4.42. The van der Waals surface area contributed by atoms with Crippen LogP contribution in [0.1, 0.15) is 51.1 Å². The van der Waals surface area contributed by atoms with E-state index < -0.39 is 0 Å². The Kier molecular flexibility index (Phi) is 7.39. The van der Waals surface area contributed by atoms with Crippen LogP contribution in [0.2, 0.25) is 0 Å². The summed E-state index contributed by atoms with van der Waals surface area (Å²) in [6, 6.07) is 9.17. The molecule has 0 radical (unpaired) electrons. The molecule has 1 aromatic rings. The zero-order valence-electron chi connectivity index (χ0n) is 17.4. The Bertz CT molecular complexity index is 608. The third-order valence-corrected chi connectivity index (χ3v) is 5.88. The number of hydrogen-bond donors (Lipinski definition) is 2. The molecule has 2 aliphatic rings. The van der Waals surface area contributed by atoms with Gasteiger partial charge >= 0.3 is 0 Å². The van der Waals surface area contributed by atoms with Gasteiger partial charge in [-0.3, -0.25) is 4.99 Å². The van der Waals surface area contributed by atoms with E-state index >= 15 is 0 Å². The highest BCUT2D eigenvalue weighted by molar-refractivity contribution is 5.80. The van der Waals surface area contributed by atoms with Crippen LogP contribution in [0.4, 0.5) is 5.69 Å². The fraction of sp³-hybridized carbons (Fsp3) is 0.682. The third-order valence-electron chi connectivity index (χ3n) is 5.88. The summed E-state index contributed by atoms with van der Waals surface area (Å²) in [6.45, 7) is 11.4. The summed E-state index contributed by atoms with van der Waals surface area (Å²) in [7, 11) is 1.85. The minimum absolute atomic E-state index is 0.230. The molecule has 150 valence electrons. The summed E-state index contributed by atoms with van der Waals surface area (Å²) in [4.78, 5) is 9.47. The highest BCUT2D eigenvalue weighted by Gasteiger charge is 2.16. The third kappa shape index (κ3) is 5.86. The number of likely N-dealkylation sites (tertiary alicyclic amines) is 1. The first-order valence-electron chi connectivity index (χ1n) is 10.7. The van der Waals surface area contributed by atoms with Crippen LogP contribution in [0.15, 0.2) is 29.3 Å². The first-order chi connectivity index (χ1) is 13.2. The van der Waals surface area contributed by atoms with Crippen molar-refractivity contribution in [3.63, 3.8) is 0 Å². The monoisotopic (exact) mass is 371 g/mol. The predicted octanol–water partition coefficient (Wildman–Crippen LogP) is 3.24. The first kappa shape index (κ1) is 20.0. The van der Waals surface area contributed by atoms with Gasteiger partial charge in [-0.05, 0) is 62.8 Å². The van der Waals surface area contributed by atoms with Crippen LogP contribution >= 0.6 is 0 Å². The molecule has 0 bridgehead atoms. The van der Waals surface area contributed by atoms with Crippen LogP contribution < -0.4 is 15.5 Å². The maximum absolute atomic E-state index is 4.42. The highest BCUT2D eigenvalue weighted by atomic mass is 15.2. The van der Waals surface area contributed by atoms with Crippen molar-refractivity contribution < 1.29 is 0 Å². The number of rotatable bonds is 6. The molecule has 2 unspecified atom stereocenters. The topological polar surface area (TPSA) is 42.9 Å². The summed E-state index contributed by atoms with van der Waals surface area (Å²) in [5, 5.41) is 7.04. The van der Waals surface area contributed by atoms with Crippen LogP contribution in [-0.4, -0.2) is 57.2 Å². The Balaban J connectivity index is 1.48. The fourth-order valence-electron chi connectivity index (χ4n) is 4.27. The second kappa shape index (κ2) is 9.98. The minimum Gasteiger partial charge on any atom is -0.372 e. The fourth-order valence-corrected chi connectivity index (χ4v) is 4.27. The molecule has 2 aliphatic heterocycles. The summed E-state index contributed by atoms with van der Waals surface area (Å²) in [5.74, 6) is 1.72.